The molecule has 1 saturated heterocycles. The minimum atomic E-state index is -3.46. The SMILES string of the molecule is C=CCNC(=O)C(=O)C(NC(=O)[C@@H]1[C@@H]2[C@H](CN1C(=O)[C@@H](NC(=O)N[C@H](CN(C)S(=O)(=O)C1CC1)C(C)(C)C)C(C)(C)C)C2(C)C)C1CC1. The van der Waals surface area contributed by atoms with Gasteiger partial charge in [0.15, 0.2) is 0 Å². The lowest BCUT2D eigenvalue weighted by Crippen LogP contribution is -2.63. The molecule has 0 bridgehead atoms. The van der Waals surface area contributed by atoms with Crippen LogP contribution in [0.15, 0.2) is 12.7 Å². The van der Waals surface area contributed by atoms with Crippen molar-refractivity contribution < 1.29 is 32.4 Å². The van der Waals surface area contributed by atoms with Crippen molar-refractivity contribution in [3.8, 4) is 0 Å². The molecular weight excluding hydrogens is 636 g/mol. The molecule has 3 saturated carbocycles. The van der Waals surface area contributed by atoms with Crippen LogP contribution in [0.4, 0.5) is 4.79 Å². The van der Waals surface area contributed by atoms with Crippen molar-refractivity contribution in [2.45, 2.75) is 110 Å². The standard InChI is InChI=1S/C34H56N6O7S/c1-11-16-35-29(43)26(41)24(19-12-13-19)37-28(42)25-23-21(34(23,8)9)17-40(25)30(44)27(33(5,6)7)38-31(45)36-22(32(2,3)4)18-39(10)48(46,47)20-14-15-20/h11,19-25,27H,1,12-18H2,2-10H3,(H,35,43)(H,37,42)(H2,36,38,45)/t21-,22+,23-,24?,25-,27+/m0/s1. The summed E-state index contributed by atoms with van der Waals surface area (Å²) >= 11 is 0. The third-order valence-electron chi connectivity index (χ3n) is 10.6. The molecule has 4 fully saturated rings. The van der Waals surface area contributed by atoms with Crippen LogP contribution >= 0.6 is 0 Å². The van der Waals surface area contributed by atoms with Gasteiger partial charge >= 0.3 is 6.03 Å². The first kappa shape index (κ1) is 37.8. The van der Waals surface area contributed by atoms with E-state index in [4.69, 9.17) is 0 Å². The van der Waals surface area contributed by atoms with Crippen LogP contribution in [0.3, 0.4) is 0 Å². The van der Waals surface area contributed by atoms with E-state index in [0.717, 1.165) is 0 Å². The number of nitrogens with zero attached hydrogens (tertiary/aromatic N) is 2. The van der Waals surface area contributed by atoms with E-state index in [0.29, 0.717) is 32.2 Å². The Hall–Kier alpha value is -3.00. The minimum Gasteiger partial charge on any atom is -0.346 e. The van der Waals surface area contributed by atoms with Gasteiger partial charge in [-0.15, -0.1) is 6.58 Å². The number of nitrogens with one attached hydrogen (secondary N) is 4. The van der Waals surface area contributed by atoms with E-state index in [9.17, 15) is 32.4 Å². The zero-order valence-corrected chi connectivity index (χ0v) is 30.8. The summed E-state index contributed by atoms with van der Waals surface area (Å²) in [6, 6.07) is -4.06. The van der Waals surface area contributed by atoms with Gasteiger partial charge in [-0.25, -0.2) is 17.5 Å². The molecule has 4 rings (SSSR count). The average molecular weight is 693 g/mol. The Labute approximate surface area is 285 Å². The largest absolute Gasteiger partial charge is 0.346 e. The van der Waals surface area contributed by atoms with E-state index < -0.39 is 74.6 Å². The Morgan fingerprint density at radius 2 is 1.56 bits per heavy atom. The summed E-state index contributed by atoms with van der Waals surface area (Å²) in [5, 5.41) is 10.7. The normalized spacial score (nSPS) is 25.3. The lowest BCUT2D eigenvalue weighted by Gasteiger charge is -2.39. The van der Waals surface area contributed by atoms with Crippen molar-refractivity contribution in [2.75, 3.05) is 26.7 Å². The summed E-state index contributed by atoms with van der Waals surface area (Å²) in [4.78, 5) is 69.0. The maximum atomic E-state index is 14.4. The molecule has 1 unspecified atom stereocenters. The Morgan fingerprint density at radius 3 is 2.06 bits per heavy atom. The van der Waals surface area contributed by atoms with Crippen LogP contribution in [0.1, 0.15) is 81.1 Å². The van der Waals surface area contributed by atoms with Gasteiger partial charge in [0.25, 0.3) is 5.91 Å². The molecule has 4 aliphatic rings. The maximum absolute atomic E-state index is 14.4. The van der Waals surface area contributed by atoms with Gasteiger partial charge in [-0.2, -0.15) is 0 Å². The third kappa shape index (κ3) is 8.06. The van der Waals surface area contributed by atoms with Gasteiger partial charge in [0.05, 0.1) is 5.25 Å². The van der Waals surface area contributed by atoms with Crippen LogP contribution < -0.4 is 21.3 Å². The number of carbonyl (C=O) groups excluding carboxylic acids is 5. The summed E-state index contributed by atoms with van der Waals surface area (Å²) in [7, 11) is -1.94. The predicted octanol–water partition coefficient (Wildman–Crippen LogP) is 1.79. The number of hydrogen-bond acceptors (Lipinski definition) is 7. The Balaban J connectivity index is 1.51. The third-order valence-corrected chi connectivity index (χ3v) is 13.0. The van der Waals surface area contributed by atoms with Crippen molar-refractivity contribution >= 4 is 39.6 Å². The topological polar surface area (TPSA) is 174 Å². The van der Waals surface area contributed by atoms with Crippen LogP contribution in [0.25, 0.3) is 0 Å². The first-order chi connectivity index (χ1) is 22.0. The molecule has 1 aliphatic heterocycles. The number of ketones is 1. The van der Waals surface area contributed by atoms with Gasteiger partial charge in [-0.1, -0.05) is 61.5 Å². The quantitative estimate of drug-likeness (QED) is 0.159. The Morgan fingerprint density at radius 1 is 0.958 bits per heavy atom. The number of Topliss-reactive ketones (excluding diaryl/α,β-unsaturated/α-hetero) is 1. The highest BCUT2D eigenvalue weighted by Gasteiger charge is 2.70. The molecular formula is C34H56N6O7S. The molecule has 48 heavy (non-hydrogen) atoms. The number of sulfonamides is 1. The van der Waals surface area contributed by atoms with Crippen LogP contribution in [0.5, 0.6) is 0 Å². The molecule has 1 heterocycles. The fourth-order valence-corrected chi connectivity index (χ4v) is 8.53. The summed E-state index contributed by atoms with van der Waals surface area (Å²) in [5.41, 5.74) is -1.46. The number of hydrogen-bond donors (Lipinski definition) is 4. The molecule has 13 nitrogen and oxygen atoms in total. The van der Waals surface area contributed by atoms with Crippen molar-refractivity contribution in [1.82, 2.24) is 30.5 Å². The molecule has 0 aromatic heterocycles. The van der Waals surface area contributed by atoms with Gasteiger partial charge < -0.3 is 26.2 Å². The van der Waals surface area contributed by atoms with E-state index >= 15 is 0 Å². The van der Waals surface area contributed by atoms with Gasteiger partial charge in [0.2, 0.25) is 27.6 Å². The van der Waals surface area contributed by atoms with E-state index in [1.807, 2.05) is 41.5 Å². The Kier molecular flexibility index (Phi) is 10.5. The fourth-order valence-electron chi connectivity index (χ4n) is 6.94. The van der Waals surface area contributed by atoms with Crippen LogP contribution in [0, 0.1) is 34.0 Å². The number of urea groups is 1. The van der Waals surface area contributed by atoms with Gasteiger partial charge in [0, 0.05) is 32.7 Å². The summed E-state index contributed by atoms with van der Waals surface area (Å²) in [6.07, 6.45) is 4.15. The first-order valence-electron chi connectivity index (χ1n) is 17.1. The smallest absolute Gasteiger partial charge is 0.315 e. The predicted molar refractivity (Wildman–Crippen MR) is 182 cm³/mol. The Bertz CT molecular complexity index is 1420. The van der Waals surface area contributed by atoms with Crippen molar-refractivity contribution in [3.63, 3.8) is 0 Å². The molecule has 0 aromatic rings. The molecule has 5 amide bonds. The summed E-state index contributed by atoms with van der Waals surface area (Å²) in [6.45, 7) is 19.4. The average Bonchev–Trinajstić information content (AvgIpc) is 3.90. The second-order valence-corrected chi connectivity index (χ2v) is 19.3. The second kappa shape index (κ2) is 13.4. The van der Waals surface area contributed by atoms with Crippen molar-refractivity contribution in [2.24, 2.45) is 34.0 Å². The zero-order chi connectivity index (χ0) is 36.1. The minimum absolute atomic E-state index is 0.0619. The van der Waals surface area contributed by atoms with Crippen LogP contribution in [-0.2, 0) is 29.2 Å². The number of rotatable bonds is 14. The number of piperidine rings is 1. The van der Waals surface area contributed by atoms with Crippen LogP contribution in [0.2, 0.25) is 0 Å². The van der Waals surface area contributed by atoms with E-state index in [2.05, 4.69) is 41.7 Å². The van der Waals surface area contributed by atoms with E-state index in [-0.39, 0.29) is 41.5 Å². The monoisotopic (exact) mass is 692 g/mol. The van der Waals surface area contributed by atoms with Crippen molar-refractivity contribution in [3.05, 3.63) is 12.7 Å². The number of carbonyl (C=O) groups is 5. The van der Waals surface area contributed by atoms with Gasteiger partial charge in [0.1, 0.15) is 18.1 Å². The molecule has 14 heteroatoms. The highest BCUT2D eigenvalue weighted by Crippen LogP contribution is 2.65. The molecule has 0 spiro atoms. The number of likely N-dealkylation sites (N-methyl/N-ethyl adjacent to an activating group) is 1. The van der Waals surface area contributed by atoms with Crippen LogP contribution in [-0.4, -0.2) is 103 Å². The number of fused-ring (bicyclic) bond motifs is 1. The molecule has 4 N–H and O–H groups in total. The lowest BCUT2D eigenvalue weighted by atomic mass is 9.85. The molecule has 6 atom stereocenters. The van der Waals surface area contributed by atoms with Gasteiger partial charge in [-0.05, 0) is 59.7 Å². The van der Waals surface area contributed by atoms with Crippen molar-refractivity contribution in [1.29, 1.82) is 0 Å². The summed E-state index contributed by atoms with van der Waals surface area (Å²) < 4.78 is 27.0. The molecule has 0 radical (unpaired) electrons. The highest BCUT2D eigenvalue weighted by atomic mass is 32.2. The second-order valence-electron chi connectivity index (χ2n) is 16.9. The fraction of sp³-hybridized carbons (Fsp3) is 0.794. The molecule has 0 aromatic carbocycles. The molecule has 270 valence electrons. The zero-order valence-electron chi connectivity index (χ0n) is 30.0. The maximum Gasteiger partial charge on any atom is 0.315 e. The summed E-state index contributed by atoms with van der Waals surface area (Å²) in [5.74, 6) is -2.63. The number of likely N-dealkylation sites (tertiary alicyclic amines) is 1. The van der Waals surface area contributed by atoms with Gasteiger partial charge in [-0.3, -0.25) is 19.2 Å². The van der Waals surface area contributed by atoms with E-state index in [1.165, 1.54) is 22.3 Å². The molecule has 3 aliphatic carbocycles. The highest BCUT2D eigenvalue weighted by molar-refractivity contribution is 7.90. The number of amides is 5. The van der Waals surface area contributed by atoms with E-state index in [1.54, 1.807) is 0 Å². The lowest BCUT2D eigenvalue weighted by molar-refractivity contribution is -0.145. The first-order valence-corrected chi connectivity index (χ1v) is 18.6.